The van der Waals surface area contributed by atoms with Gasteiger partial charge in [0, 0.05) is 49.6 Å². The van der Waals surface area contributed by atoms with E-state index in [1.807, 2.05) is 51.1 Å². The third-order valence-corrected chi connectivity index (χ3v) is 8.12. The van der Waals surface area contributed by atoms with Gasteiger partial charge >= 0.3 is 6.09 Å². The predicted octanol–water partition coefficient (Wildman–Crippen LogP) is 6.93. The lowest BCUT2D eigenvalue weighted by molar-refractivity contribution is -0.00117. The van der Waals surface area contributed by atoms with Crippen LogP contribution in [0.2, 0.25) is 0 Å². The van der Waals surface area contributed by atoms with E-state index < -0.39 is 11.2 Å². The molecule has 1 saturated carbocycles. The predicted molar refractivity (Wildman–Crippen MR) is 154 cm³/mol. The van der Waals surface area contributed by atoms with Crippen molar-refractivity contribution >= 4 is 17.6 Å². The van der Waals surface area contributed by atoms with E-state index in [0.717, 1.165) is 41.0 Å². The molecule has 39 heavy (non-hydrogen) atoms. The fourth-order valence-corrected chi connectivity index (χ4v) is 5.77. The molecule has 2 fully saturated rings. The number of hydrogen-bond acceptors (Lipinski definition) is 4. The number of amides is 2. The molecule has 2 amide bonds. The fourth-order valence-electron chi connectivity index (χ4n) is 5.77. The minimum atomic E-state index is -0.517. The molecule has 6 nitrogen and oxygen atoms in total. The Bertz CT molecular complexity index is 1230. The minimum absolute atomic E-state index is 0.121. The van der Waals surface area contributed by atoms with Crippen molar-refractivity contribution in [1.29, 1.82) is 0 Å². The van der Waals surface area contributed by atoms with Crippen LogP contribution in [0.3, 0.4) is 0 Å². The molecule has 2 aromatic rings. The Kier molecular flexibility index (Phi) is 7.49. The van der Waals surface area contributed by atoms with Gasteiger partial charge in [0.1, 0.15) is 17.0 Å². The highest BCUT2D eigenvalue weighted by Crippen LogP contribution is 2.43. The van der Waals surface area contributed by atoms with Crippen molar-refractivity contribution in [3.63, 3.8) is 0 Å². The maximum atomic E-state index is 13.5. The number of fused-ring (bicyclic) bond motifs is 1. The van der Waals surface area contributed by atoms with Crippen LogP contribution < -0.4 is 4.74 Å². The number of para-hydroxylation sites is 1. The standard InChI is InChI=1S/C33H42N2O4/c1-6-19-35(23(2)24-11-12-24)30(36)26-15-13-25(14-16-26)28-22-33(38-29-10-8-7-9-27(28)29)17-20-34(21-18-33)31(37)39-32(3,4)5/h7-10,13-16,22-24H,6,11-12,17-21H2,1-5H3. The largest absolute Gasteiger partial charge is 0.482 e. The molecule has 5 rings (SSSR count). The Labute approximate surface area is 233 Å². The Morgan fingerprint density at radius 3 is 2.36 bits per heavy atom. The molecule has 0 aromatic heterocycles. The van der Waals surface area contributed by atoms with Crippen LogP contribution in [-0.2, 0) is 4.74 Å². The smallest absolute Gasteiger partial charge is 0.410 e. The first-order valence-corrected chi connectivity index (χ1v) is 14.5. The Balaban J connectivity index is 1.38. The van der Waals surface area contributed by atoms with E-state index in [2.05, 4.69) is 43.0 Å². The summed E-state index contributed by atoms with van der Waals surface area (Å²) in [6, 6.07) is 16.5. The molecule has 1 unspecified atom stereocenters. The SMILES string of the molecule is CCCN(C(=O)c1ccc(C2=CC3(CCN(C(=O)OC(C)(C)C)CC3)Oc3ccccc32)cc1)C(C)C1CC1. The molecule has 2 aromatic carbocycles. The molecule has 0 N–H and O–H groups in total. The number of benzene rings is 2. The summed E-state index contributed by atoms with van der Waals surface area (Å²) in [5.74, 6) is 1.62. The van der Waals surface area contributed by atoms with Gasteiger partial charge in [0.25, 0.3) is 5.91 Å². The number of carbonyl (C=O) groups excluding carboxylic acids is 2. The van der Waals surface area contributed by atoms with Gasteiger partial charge in [-0.3, -0.25) is 4.79 Å². The molecular weight excluding hydrogens is 488 g/mol. The van der Waals surface area contributed by atoms with Crippen molar-refractivity contribution in [3.8, 4) is 5.75 Å². The van der Waals surface area contributed by atoms with E-state index in [9.17, 15) is 9.59 Å². The number of likely N-dealkylation sites (tertiary alicyclic amines) is 1. The second kappa shape index (κ2) is 10.7. The molecule has 6 heteroatoms. The molecule has 1 spiro atoms. The number of ether oxygens (including phenoxy) is 2. The van der Waals surface area contributed by atoms with Crippen LogP contribution in [-0.4, -0.2) is 58.7 Å². The van der Waals surface area contributed by atoms with E-state index in [4.69, 9.17) is 9.47 Å². The second-order valence-electron chi connectivity index (χ2n) is 12.3. The molecule has 208 valence electrons. The van der Waals surface area contributed by atoms with Crippen LogP contribution in [0.25, 0.3) is 5.57 Å². The minimum Gasteiger partial charge on any atom is -0.482 e. The Hall–Kier alpha value is -3.28. The summed E-state index contributed by atoms with van der Waals surface area (Å²) in [7, 11) is 0. The monoisotopic (exact) mass is 530 g/mol. The summed E-state index contributed by atoms with van der Waals surface area (Å²) in [4.78, 5) is 29.9. The van der Waals surface area contributed by atoms with Crippen LogP contribution in [0.5, 0.6) is 5.75 Å². The highest BCUT2D eigenvalue weighted by Gasteiger charge is 2.41. The van der Waals surface area contributed by atoms with E-state index in [-0.39, 0.29) is 18.0 Å². The van der Waals surface area contributed by atoms with Crippen LogP contribution in [0.1, 0.15) is 88.2 Å². The fraction of sp³-hybridized carbons (Fsp3) is 0.515. The van der Waals surface area contributed by atoms with Crippen molar-refractivity contribution in [2.24, 2.45) is 5.92 Å². The summed E-state index contributed by atoms with van der Waals surface area (Å²) in [6.07, 6.45) is 6.74. The number of piperidine rings is 1. The van der Waals surface area contributed by atoms with Crippen LogP contribution in [0, 0.1) is 5.92 Å². The number of rotatable bonds is 6. The Morgan fingerprint density at radius 1 is 1.08 bits per heavy atom. The van der Waals surface area contributed by atoms with E-state index in [1.165, 1.54) is 12.8 Å². The maximum absolute atomic E-state index is 13.5. The second-order valence-corrected chi connectivity index (χ2v) is 12.3. The summed E-state index contributed by atoms with van der Waals surface area (Å²) in [5.41, 5.74) is 2.95. The summed E-state index contributed by atoms with van der Waals surface area (Å²) in [5, 5.41) is 0. The van der Waals surface area contributed by atoms with Gasteiger partial charge in [-0.1, -0.05) is 37.3 Å². The topological polar surface area (TPSA) is 59.1 Å². The summed E-state index contributed by atoms with van der Waals surface area (Å²) >= 11 is 0. The van der Waals surface area contributed by atoms with Crippen molar-refractivity contribution < 1.29 is 19.1 Å². The van der Waals surface area contributed by atoms with E-state index >= 15 is 0 Å². The molecule has 1 atom stereocenters. The van der Waals surface area contributed by atoms with Gasteiger partial charge in [-0.2, -0.15) is 0 Å². The average molecular weight is 531 g/mol. The molecule has 3 aliphatic rings. The van der Waals surface area contributed by atoms with Crippen molar-refractivity contribution in [1.82, 2.24) is 9.80 Å². The summed E-state index contributed by atoms with van der Waals surface area (Å²) in [6.45, 7) is 11.9. The first-order valence-electron chi connectivity index (χ1n) is 14.5. The van der Waals surface area contributed by atoms with Gasteiger partial charge in [-0.25, -0.2) is 4.79 Å². The zero-order valence-corrected chi connectivity index (χ0v) is 24.0. The molecule has 0 bridgehead atoms. The van der Waals surface area contributed by atoms with Gasteiger partial charge in [0.05, 0.1) is 0 Å². The third-order valence-electron chi connectivity index (χ3n) is 8.12. The normalized spacial score (nSPS) is 19.0. The lowest BCUT2D eigenvalue weighted by Gasteiger charge is -2.43. The molecule has 1 saturated heterocycles. The van der Waals surface area contributed by atoms with Crippen LogP contribution in [0.15, 0.2) is 54.6 Å². The lowest BCUT2D eigenvalue weighted by Crippen LogP contribution is -2.50. The zero-order valence-electron chi connectivity index (χ0n) is 24.0. The maximum Gasteiger partial charge on any atom is 0.410 e. The number of carbonyl (C=O) groups is 2. The Morgan fingerprint density at radius 2 is 1.74 bits per heavy atom. The molecule has 1 aliphatic carbocycles. The van der Waals surface area contributed by atoms with Gasteiger partial charge in [0.2, 0.25) is 0 Å². The van der Waals surface area contributed by atoms with Crippen molar-refractivity contribution in [2.75, 3.05) is 19.6 Å². The van der Waals surface area contributed by atoms with E-state index in [0.29, 0.717) is 31.8 Å². The summed E-state index contributed by atoms with van der Waals surface area (Å²) < 4.78 is 12.2. The van der Waals surface area contributed by atoms with Crippen LogP contribution >= 0.6 is 0 Å². The lowest BCUT2D eigenvalue weighted by atomic mass is 9.83. The van der Waals surface area contributed by atoms with Crippen LogP contribution in [0.4, 0.5) is 4.79 Å². The third kappa shape index (κ3) is 6.00. The molecular formula is C33H42N2O4. The van der Waals surface area contributed by atoms with Crippen molar-refractivity contribution in [2.45, 2.75) is 84.0 Å². The van der Waals surface area contributed by atoms with Gasteiger partial charge < -0.3 is 19.3 Å². The zero-order chi connectivity index (χ0) is 27.8. The van der Waals surface area contributed by atoms with E-state index in [1.54, 1.807) is 4.90 Å². The van der Waals surface area contributed by atoms with Gasteiger partial charge in [-0.15, -0.1) is 0 Å². The highest BCUT2D eigenvalue weighted by atomic mass is 16.6. The van der Waals surface area contributed by atoms with Crippen molar-refractivity contribution in [3.05, 3.63) is 71.3 Å². The first-order chi connectivity index (χ1) is 18.6. The highest BCUT2D eigenvalue weighted by molar-refractivity contribution is 5.95. The number of hydrogen-bond donors (Lipinski definition) is 0. The van der Waals surface area contributed by atoms with Gasteiger partial charge in [0.15, 0.2) is 0 Å². The quantitative estimate of drug-likeness (QED) is 0.406. The molecule has 2 aliphatic heterocycles. The molecule has 2 heterocycles. The number of nitrogens with zero attached hydrogens (tertiary/aromatic N) is 2. The average Bonchev–Trinajstić information content (AvgIpc) is 3.76. The first kappa shape index (κ1) is 27.3. The van der Waals surface area contributed by atoms with Gasteiger partial charge in [-0.05, 0) is 88.3 Å². The molecule has 0 radical (unpaired) electrons.